The van der Waals surface area contributed by atoms with Crippen molar-refractivity contribution >= 4 is 22.6 Å². The minimum Gasteiger partial charge on any atom is -0.341 e. The highest BCUT2D eigenvalue weighted by Crippen LogP contribution is 2.13. The van der Waals surface area contributed by atoms with Gasteiger partial charge in [0.25, 0.3) is 0 Å². The van der Waals surface area contributed by atoms with Crippen LogP contribution in [0.2, 0.25) is 0 Å². The van der Waals surface area contributed by atoms with Gasteiger partial charge >= 0.3 is 0 Å². The normalized spacial score (nSPS) is 10.3. The zero-order valence-corrected chi connectivity index (χ0v) is 9.24. The quantitative estimate of drug-likeness (QED) is 0.817. The highest BCUT2D eigenvalue weighted by molar-refractivity contribution is 14.1. The molecule has 0 aliphatic carbocycles. The number of pyridine rings is 1. The zero-order valence-electron chi connectivity index (χ0n) is 7.08. The van der Waals surface area contributed by atoms with Crippen LogP contribution in [0.15, 0.2) is 24.5 Å². The summed E-state index contributed by atoms with van der Waals surface area (Å²) in [5.74, 6) is 0.828. The summed E-state index contributed by atoms with van der Waals surface area (Å²) < 4.78 is 1.13. The third kappa shape index (κ3) is 1.88. The number of imidazole rings is 1. The lowest BCUT2D eigenvalue weighted by molar-refractivity contribution is 1.20. The molecule has 0 unspecified atom stereocenters. The molecule has 0 spiro atoms. The Morgan fingerprint density at radius 2 is 2.08 bits per heavy atom. The van der Waals surface area contributed by atoms with Crippen molar-refractivity contribution in [3.63, 3.8) is 0 Å². The Morgan fingerprint density at radius 1 is 1.23 bits per heavy atom. The molecule has 13 heavy (non-hydrogen) atoms. The Balaban J connectivity index is 2.41. The summed E-state index contributed by atoms with van der Waals surface area (Å²) in [4.78, 5) is 11.6. The van der Waals surface area contributed by atoms with Crippen molar-refractivity contribution in [2.75, 3.05) is 0 Å². The maximum absolute atomic E-state index is 4.26. The molecule has 2 aromatic heterocycles. The third-order valence-corrected chi connectivity index (χ3v) is 2.31. The zero-order chi connectivity index (χ0) is 9.26. The van der Waals surface area contributed by atoms with E-state index in [9.17, 15) is 0 Å². The molecule has 1 N–H and O–H groups in total. The summed E-state index contributed by atoms with van der Waals surface area (Å²) in [6.45, 7) is 1.98. The molecule has 2 aromatic rings. The van der Waals surface area contributed by atoms with Crippen LogP contribution in [0.25, 0.3) is 11.5 Å². The van der Waals surface area contributed by atoms with Crippen LogP contribution in [0.3, 0.4) is 0 Å². The van der Waals surface area contributed by atoms with E-state index in [0.717, 1.165) is 20.8 Å². The number of H-pyrrole nitrogens is 1. The molecule has 2 heterocycles. The smallest absolute Gasteiger partial charge is 0.156 e. The molecule has 66 valence electrons. The molecule has 0 aromatic carbocycles. The van der Waals surface area contributed by atoms with Gasteiger partial charge in [0.05, 0.1) is 0 Å². The number of nitrogens with zero attached hydrogens (tertiary/aromatic N) is 2. The van der Waals surface area contributed by atoms with Crippen molar-refractivity contribution in [1.82, 2.24) is 15.0 Å². The van der Waals surface area contributed by atoms with Crippen LogP contribution in [-0.4, -0.2) is 15.0 Å². The molecule has 2 rings (SSSR count). The van der Waals surface area contributed by atoms with Crippen molar-refractivity contribution in [2.45, 2.75) is 6.92 Å². The van der Waals surface area contributed by atoms with Crippen molar-refractivity contribution in [1.29, 1.82) is 0 Å². The molecule has 0 saturated carbocycles. The number of halogens is 1. The Labute approximate surface area is 89.8 Å². The fourth-order valence-corrected chi connectivity index (χ4v) is 1.38. The molecule has 0 fully saturated rings. The number of aromatic amines is 1. The summed E-state index contributed by atoms with van der Waals surface area (Å²) >= 11 is 2.23. The maximum atomic E-state index is 4.26. The highest BCUT2D eigenvalue weighted by Gasteiger charge is 2.01. The molecule has 0 bridgehead atoms. The number of hydrogen-bond donors (Lipinski definition) is 1. The summed E-state index contributed by atoms with van der Waals surface area (Å²) in [6.07, 6.45) is 3.63. The summed E-state index contributed by atoms with van der Waals surface area (Å²) in [6, 6.07) is 3.97. The molecule has 0 radical (unpaired) electrons. The first-order chi connectivity index (χ1) is 6.25. The Kier molecular flexibility index (Phi) is 2.30. The first-order valence-electron chi connectivity index (χ1n) is 3.89. The van der Waals surface area contributed by atoms with Crippen LogP contribution in [0, 0.1) is 10.5 Å². The highest BCUT2D eigenvalue weighted by atomic mass is 127. The van der Waals surface area contributed by atoms with Gasteiger partial charge in [0.15, 0.2) is 5.82 Å². The average Bonchev–Trinajstić information content (AvgIpc) is 2.53. The van der Waals surface area contributed by atoms with Gasteiger partial charge in [0, 0.05) is 21.7 Å². The van der Waals surface area contributed by atoms with E-state index in [-0.39, 0.29) is 0 Å². The van der Waals surface area contributed by atoms with Gasteiger partial charge in [0.2, 0.25) is 0 Å². The maximum Gasteiger partial charge on any atom is 0.156 e. The lowest BCUT2D eigenvalue weighted by atomic mass is 10.3. The lowest BCUT2D eigenvalue weighted by Crippen LogP contribution is -1.85. The van der Waals surface area contributed by atoms with Gasteiger partial charge in [-0.25, -0.2) is 4.98 Å². The van der Waals surface area contributed by atoms with E-state index in [1.165, 1.54) is 0 Å². The summed E-state index contributed by atoms with van der Waals surface area (Å²) in [5, 5.41) is 0. The van der Waals surface area contributed by atoms with Gasteiger partial charge in [-0.15, -0.1) is 0 Å². The molecule has 0 aliphatic heterocycles. The van der Waals surface area contributed by atoms with E-state index in [1.54, 1.807) is 6.20 Å². The van der Waals surface area contributed by atoms with Gasteiger partial charge in [-0.3, -0.25) is 4.98 Å². The van der Waals surface area contributed by atoms with Crippen molar-refractivity contribution < 1.29 is 0 Å². The summed E-state index contributed by atoms with van der Waals surface area (Å²) in [5.41, 5.74) is 1.93. The predicted molar refractivity (Wildman–Crippen MR) is 59.3 cm³/mol. The van der Waals surface area contributed by atoms with E-state index in [4.69, 9.17) is 0 Å². The Bertz CT molecular complexity index is 405. The first kappa shape index (κ1) is 8.68. The van der Waals surface area contributed by atoms with Gasteiger partial charge in [-0.05, 0) is 41.6 Å². The minimum absolute atomic E-state index is 0.828. The van der Waals surface area contributed by atoms with E-state index in [1.807, 2.05) is 25.3 Å². The van der Waals surface area contributed by atoms with E-state index >= 15 is 0 Å². The number of aryl methyl sites for hydroxylation is 1. The molecule has 0 saturated heterocycles. The van der Waals surface area contributed by atoms with Crippen molar-refractivity contribution in [2.24, 2.45) is 0 Å². The van der Waals surface area contributed by atoms with E-state index in [2.05, 4.69) is 37.5 Å². The van der Waals surface area contributed by atoms with Crippen molar-refractivity contribution in [3.05, 3.63) is 33.8 Å². The number of nitrogens with one attached hydrogen (secondary N) is 1. The van der Waals surface area contributed by atoms with Crippen LogP contribution in [-0.2, 0) is 0 Å². The standard InChI is InChI=1S/C9H8IN3/c1-6-4-12-9(13-6)8-3-2-7(10)5-11-8/h2-5H,1H3,(H,12,13). The molecule has 0 aliphatic rings. The predicted octanol–water partition coefficient (Wildman–Crippen LogP) is 2.38. The van der Waals surface area contributed by atoms with Gasteiger partial charge in [-0.2, -0.15) is 0 Å². The second-order valence-electron chi connectivity index (χ2n) is 2.78. The van der Waals surface area contributed by atoms with Gasteiger partial charge in [0.1, 0.15) is 5.69 Å². The third-order valence-electron chi connectivity index (χ3n) is 1.67. The fourth-order valence-electron chi connectivity index (χ4n) is 1.06. The first-order valence-corrected chi connectivity index (χ1v) is 4.97. The topological polar surface area (TPSA) is 41.6 Å². The lowest BCUT2D eigenvalue weighted by Gasteiger charge is -1.94. The SMILES string of the molecule is Cc1cnc(-c2ccc(I)cn2)[nH]1. The molecule has 3 nitrogen and oxygen atoms in total. The number of rotatable bonds is 1. The number of aromatic nitrogens is 3. The molecular formula is C9H8IN3. The van der Waals surface area contributed by atoms with Crippen LogP contribution < -0.4 is 0 Å². The monoisotopic (exact) mass is 285 g/mol. The largest absolute Gasteiger partial charge is 0.341 e. The average molecular weight is 285 g/mol. The fraction of sp³-hybridized carbons (Fsp3) is 0.111. The Morgan fingerprint density at radius 3 is 2.62 bits per heavy atom. The van der Waals surface area contributed by atoms with Crippen LogP contribution >= 0.6 is 22.6 Å². The van der Waals surface area contributed by atoms with Crippen LogP contribution in [0.4, 0.5) is 0 Å². The van der Waals surface area contributed by atoms with E-state index in [0.29, 0.717) is 0 Å². The molecule has 0 amide bonds. The minimum atomic E-state index is 0.828. The number of hydrogen-bond acceptors (Lipinski definition) is 2. The van der Waals surface area contributed by atoms with Crippen LogP contribution in [0.1, 0.15) is 5.69 Å². The second kappa shape index (κ2) is 3.45. The molecular weight excluding hydrogens is 277 g/mol. The summed E-state index contributed by atoms with van der Waals surface area (Å²) in [7, 11) is 0. The van der Waals surface area contributed by atoms with Crippen LogP contribution in [0.5, 0.6) is 0 Å². The Hall–Kier alpha value is -0.910. The van der Waals surface area contributed by atoms with Gasteiger partial charge < -0.3 is 4.98 Å². The molecule has 0 atom stereocenters. The molecule has 4 heteroatoms. The van der Waals surface area contributed by atoms with Crippen molar-refractivity contribution in [3.8, 4) is 11.5 Å². The second-order valence-corrected chi connectivity index (χ2v) is 4.02. The van der Waals surface area contributed by atoms with E-state index < -0.39 is 0 Å². The van der Waals surface area contributed by atoms with Gasteiger partial charge in [-0.1, -0.05) is 0 Å².